The molecular weight excluding hydrogens is 292 g/mol. The molecule has 0 saturated carbocycles. The molecule has 0 aliphatic heterocycles. The third kappa shape index (κ3) is 2.93. The molecule has 21 heavy (non-hydrogen) atoms. The Hall–Kier alpha value is -1.88. The molecule has 0 spiro atoms. The van der Waals surface area contributed by atoms with Gasteiger partial charge in [-0.1, -0.05) is 12.1 Å². The number of esters is 1. The Bertz CT molecular complexity index is 724. The molecule has 1 heterocycles. The molecule has 0 N–H and O–H groups in total. The van der Waals surface area contributed by atoms with Crippen LogP contribution >= 0.6 is 11.6 Å². The Morgan fingerprint density at radius 1 is 1.38 bits per heavy atom. The van der Waals surface area contributed by atoms with Crippen LogP contribution in [0, 0.1) is 0 Å². The molecule has 0 amide bonds. The van der Waals surface area contributed by atoms with Gasteiger partial charge in [-0.3, -0.25) is 9.36 Å². The third-order valence-electron chi connectivity index (χ3n) is 3.21. The number of carbonyl (C=O) groups excluding carboxylic acids is 1. The predicted octanol–water partition coefficient (Wildman–Crippen LogP) is 2.82. The first-order valence-corrected chi connectivity index (χ1v) is 7.22. The van der Waals surface area contributed by atoms with E-state index in [1.807, 2.05) is 0 Å². The zero-order valence-electron chi connectivity index (χ0n) is 12.2. The minimum Gasteiger partial charge on any atom is -0.464 e. The van der Waals surface area contributed by atoms with E-state index in [0.717, 1.165) is 0 Å². The Labute approximate surface area is 127 Å². The number of aromatic nitrogens is 2. The van der Waals surface area contributed by atoms with Crippen molar-refractivity contribution in [2.45, 2.75) is 32.2 Å². The number of hydrogen-bond acceptors (Lipinski definition) is 4. The van der Waals surface area contributed by atoms with Crippen molar-refractivity contribution in [3.8, 4) is 0 Å². The molecule has 5 nitrogen and oxygen atoms in total. The number of fused-ring (bicyclic) bond motifs is 1. The van der Waals surface area contributed by atoms with Crippen LogP contribution in [-0.4, -0.2) is 22.1 Å². The van der Waals surface area contributed by atoms with Crippen LogP contribution in [0.15, 0.2) is 29.1 Å². The van der Waals surface area contributed by atoms with Crippen molar-refractivity contribution >= 4 is 28.5 Å². The number of benzene rings is 1. The van der Waals surface area contributed by atoms with Gasteiger partial charge in [0.15, 0.2) is 0 Å². The van der Waals surface area contributed by atoms with E-state index < -0.39 is 17.4 Å². The molecule has 1 aromatic heterocycles. The summed E-state index contributed by atoms with van der Waals surface area (Å²) in [6, 6.07) is 6.22. The summed E-state index contributed by atoms with van der Waals surface area (Å²) >= 11 is 6.13. The molecule has 112 valence electrons. The first-order valence-electron chi connectivity index (χ1n) is 6.79. The fourth-order valence-electron chi connectivity index (χ4n) is 2.19. The molecular formula is C15H17ClN2O3. The zero-order chi connectivity index (χ0) is 15.6. The van der Waals surface area contributed by atoms with E-state index in [1.165, 1.54) is 4.57 Å². The van der Waals surface area contributed by atoms with Crippen molar-refractivity contribution in [1.29, 1.82) is 0 Å². The fourth-order valence-corrected chi connectivity index (χ4v) is 2.34. The van der Waals surface area contributed by atoms with Gasteiger partial charge in [0, 0.05) is 0 Å². The SMILES string of the molecule is CCOC(=O)C(C)n1c(C(C)Cl)nc2ccccc2c1=O. The first-order chi connectivity index (χ1) is 9.97. The quantitative estimate of drug-likeness (QED) is 0.643. The number of nitrogens with zero attached hydrogens (tertiary/aromatic N) is 2. The molecule has 0 bridgehead atoms. The smallest absolute Gasteiger partial charge is 0.329 e. The molecule has 2 aromatic rings. The molecule has 0 aliphatic rings. The van der Waals surface area contributed by atoms with Gasteiger partial charge in [0.2, 0.25) is 0 Å². The first kappa shape index (κ1) is 15.5. The summed E-state index contributed by atoms with van der Waals surface area (Å²) in [5.74, 6) is -0.115. The average molecular weight is 309 g/mol. The van der Waals surface area contributed by atoms with E-state index >= 15 is 0 Å². The van der Waals surface area contributed by atoms with Gasteiger partial charge in [0.05, 0.1) is 22.9 Å². The van der Waals surface area contributed by atoms with Gasteiger partial charge in [0.1, 0.15) is 11.9 Å². The molecule has 0 fully saturated rings. The molecule has 6 heteroatoms. The van der Waals surface area contributed by atoms with Crippen molar-refractivity contribution in [2.24, 2.45) is 0 Å². The van der Waals surface area contributed by atoms with Crippen molar-refractivity contribution in [3.63, 3.8) is 0 Å². The Kier molecular flexibility index (Phi) is 4.63. The van der Waals surface area contributed by atoms with E-state index in [9.17, 15) is 9.59 Å². The molecule has 0 radical (unpaired) electrons. The van der Waals surface area contributed by atoms with Crippen LogP contribution in [0.2, 0.25) is 0 Å². The Morgan fingerprint density at radius 2 is 2.05 bits per heavy atom. The number of para-hydroxylation sites is 1. The van der Waals surface area contributed by atoms with Gasteiger partial charge >= 0.3 is 5.97 Å². The Morgan fingerprint density at radius 3 is 2.67 bits per heavy atom. The highest BCUT2D eigenvalue weighted by Gasteiger charge is 2.24. The van der Waals surface area contributed by atoms with Gasteiger partial charge in [-0.2, -0.15) is 0 Å². The minimum atomic E-state index is -0.772. The van der Waals surface area contributed by atoms with Crippen molar-refractivity contribution in [1.82, 2.24) is 9.55 Å². The molecule has 0 aliphatic carbocycles. The lowest BCUT2D eigenvalue weighted by atomic mass is 10.2. The summed E-state index contributed by atoms with van der Waals surface area (Å²) < 4.78 is 6.31. The predicted molar refractivity (Wildman–Crippen MR) is 81.6 cm³/mol. The van der Waals surface area contributed by atoms with Gasteiger partial charge < -0.3 is 4.74 Å². The van der Waals surface area contributed by atoms with Gasteiger partial charge in [-0.15, -0.1) is 11.6 Å². The largest absolute Gasteiger partial charge is 0.464 e. The second-order valence-corrected chi connectivity index (χ2v) is 5.36. The van der Waals surface area contributed by atoms with Crippen LogP contribution in [0.1, 0.15) is 38.0 Å². The maximum absolute atomic E-state index is 12.7. The van der Waals surface area contributed by atoms with Gasteiger partial charge in [-0.25, -0.2) is 9.78 Å². The number of ether oxygens (including phenoxy) is 1. The monoisotopic (exact) mass is 308 g/mol. The topological polar surface area (TPSA) is 61.2 Å². The number of halogens is 1. The van der Waals surface area contributed by atoms with E-state index in [4.69, 9.17) is 16.3 Å². The van der Waals surface area contributed by atoms with Crippen LogP contribution in [0.4, 0.5) is 0 Å². The highest BCUT2D eigenvalue weighted by Crippen LogP contribution is 2.22. The average Bonchev–Trinajstić information content (AvgIpc) is 2.46. The lowest BCUT2D eigenvalue weighted by Crippen LogP contribution is -2.33. The summed E-state index contributed by atoms with van der Waals surface area (Å²) in [5.41, 5.74) is 0.279. The zero-order valence-corrected chi connectivity index (χ0v) is 12.9. The lowest BCUT2D eigenvalue weighted by Gasteiger charge is -2.19. The maximum atomic E-state index is 12.7. The fraction of sp³-hybridized carbons (Fsp3) is 0.400. The van der Waals surface area contributed by atoms with Crippen molar-refractivity contribution in [3.05, 3.63) is 40.4 Å². The van der Waals surface area contributed by atoms with Crippen LogP contribution in [0.3, 0.4) is 0 Å². The highest BCUT2D eigenvalue weighted by molar-refractivity contribution is 6.20. The summed E-state index contributed by atoms with van der Waals surface area (Å²) in [6.07, 6.45) is 0. The number of alkyl halides is 1. The van der Waals surface area contributed by atoms with E-state index in [1.54, 1.807) is 45.0 Å². The van der Waals surface area contributed by atoms with Gasteiger partial charge in [0.25, 0.3) is 5.56 Å². The number of rotatable bonds is 4. The third-order valence-corrected chi connectivity index (χ3v) is 3.40. The molecule has 0 saturated heterocycles. The Balaban J connectivity index is 2.70. The summed E-state index contributed by atoms with van der Waals surface area (Å²) in [6.45, 7) is 5.30. The molecule has 2 atom stereocenters. The maximum Gasteiger partial charge on any atom is 0.329 e. The highest BCUT2D eigenvalue weighted by atomic mass is 35.5. The summed E-state index contributed by atoms with van der Waals surface area (Å²) in [5, 5.41) is -0.0473. The van der Waals surface area contributed by atoms with E-state index in [-0.39, 0.29) is 12.2 Å². The lowest BCUT2D eigenvalue weighted by molar-refractivity contribution is -0.146. The summed E-state index contributed by atoms with van der Waals surface area (Å²) in [7, 11) is 0. The normalized spacial score (nSPS) is 13.9. The molecule has 2 unspecified atom stereocenters. The van der Waals surface area contributed by atoms with Gasteiger partial charge in [-0.05, 0) is 32.9 Å². The number of hydrogen-bond donors (Lipinski definition) is 0. The molecule has 2 rings (SSSR count). The second-order valence-electron chi connectivity index (χ2n) is 4.71. The van der Waals surface area contributed by atoms with Crippen LogP contribution < -0.4 is 5.56 Å². The van der Waals surface area contributed by atoms with Crippen LogP contribution in [-0.2, 0) is 9.53 Å². The minimum absolute atomic E-state index is 0.255. The van der Waals surface area contributed by atoms with Crippen LogP contribution in [0.5, 0.6) is 0 Å². The van der Waals surface area contributed by atoms with Crippen molar-refractivity contribution < 1.29 is 9.53 Å². The molecule has 1 aromatic carbocycles. The number of carbonyl (C=O) groups is 1. The second kappa shape index (κ2) is 6.26. The van der Waals surface area contributed by atoms with Crippen molar-refractivity contribution in [2.75, 3.05) is 6.61 Å². The summed E-state index contributed by atoms with van der Waals surface area (Å²) in [4.78, 5) is 29.0. The standard InChI is InChI=1S/C15H17ClN2O3/c1-4-21-15(20)10(3)18-13(9(2)16)17-12-8-6-5-7-11(12)14(18)19/h5-10H,4H2,1-3H3. The van der Waals surface area contributed by atoms with E-state index in [0.29, 0.717) is 16.7 Å². The van der Waals surface area contributed by atoms with E-state index in [2.05, 4.69) is 4.98 Å². The van der Waals surface area contributed by atoms with Crippen LogP contribution in [0.25, 0.3) is 10.9 Å².